The van der Waals surface area contributed by atoms with Crippen molar-refractivity contribution in [2.75, 3.05) is 0 Å². The zero-order chi connectivity index (χ0) is 14.0. The molecule has 2 aromatic rings. The number of hydrogen-bond donors (Lipinski definition) is 0. The van der Waals surface area contributed by atoms with Crippen LogP contribution in [0.2, 0.25) is 0 Å². The SMILES string of the molecule is CC(C)Cc1cc2ccccc2[c]([Na])c1CC(C)C. The first-order chi connectivity index (χ1) is 8.99. The van der Waals surface area contributed by atoms with Gasteiger partial charge in [0.2, 0.25) is 0 Å². The fourth-order valence-corrected chi connectivity index (χ4v) is 3.94. The summed E-state index contributed by atoms with van der Waals surface area (Å²) in [5.74, 6) is 1.47. The Morgan fingerprint density at radius 3 is 2.21 bits per heavy atom. The second kappa shape index (κ2) is 6.43. The van der Waals surface area contributed by atoms with Gasteiger partial charge in [-0.2, -0.15) is 0 Å². The van der Waals surface area contributed by atoms with Crippen molar-refractivity contribution in [2.24, 2.45) is 11.8 Å². The Balaban J connectivity index is 2.61. The van der Waals surface area contributed by atoms with Crippen LogP contribution in [0, 0.1) is 11.8 Å². The average Bonchev–Trinajstić information content (AvgIpc) is 2.33. The molecule has 0 radical (unpaired) electrons. The van der Waals surface area contributed by atoms with E-state index in [1.165, 1.54) is 23.6 Å². The fourth-order valence-electron chi connectivity index (χ4n) is 2.96. The van der Waals surface area contributed by atoms with E-state index in [2.05, 4.69) is 58.0 Å². The molecule has 0 bridgehead atoms. The number of benzene rings is 2. The first kappa shape index (κ1) is 15.1. The van der Waals surface area contributed by atoms with E-state index < -0.39 is 0 Å². The first-order valence-corrected chi connectivity index (χ1v) is 8.49. The van der Waals surface area contributed by atoms with Crippen molar-refractivity contribution in [2.45, 2.75) is 40.5 Å². The van der Waals surface area contributed by atoms with Crippen molar-refractivity contribution in [3.05, 3.63) is 41.5 Å². The topological polar surface area (TPSA) is 0 Å². The van der Waals surface area contributed by atoms with Crippen molar-refractivity contribution < 1.29 is 0 Å². The third-order valence-corrected chi connectivity index (χ3v) is 4.92. The molecular weight excluding hydrogens is 239 g/mol. The van der Waals surface area contributed by atoms with E-state index in [0.29, 0.717) is 0 Å². The molecule has 0 heterocycles. The van der Waals surface area contributed by atoms with Crippen LogP contribution < -0.4 is 2.81 Å². The molecule has 0 saturated carbocycles. The van der Waals surface area contributed by atoms with E-state index >= 15 is 0 Å². The first-order valence-electron chi connectivity index (χ1n) is 7.49. The van der Waals surface area contributed by atoms with Gasteiger partial charge in [0.25, 0.3) is 0 Å². The molecular formula is C18H23Na. The molecule has 96 valence electrons. The molecule has 2 rings (SSSR count). The van der Waals surface area contributed by atoms with Crippen molar-refractivity contribution in [1.29, 1.82) is 0 Å². The molecule has 0 aliphatic carbocycles. The van der Waals surface area contributed by atoms with Crippen molar-refractivity contribution in [3.63, 3.8) is 0 Å². The van der Waals surface area contributed by atoms with Crippen LogP contribution >= 0.6 is 0 Å². The fraction of sp³-hybridized carbons (Fsp3) is 0.444. The van der Waals surface area contributed by atoms with Gasteiger partial charge in [-0.05, 0) is 0 Å². The Kier molecular flexibility index (Phi) is 5.11. The minimum absolute atomic E-state index is 0.730. The maximum atomic E-state index is 2.44. The maximum absolute atomic E-state index is 2.44. The summed E-state index contributed by atoms with van der Waals surface area (Å²) < 4.78 is 1.63. The summed E-state index contributed by atoms with van der Waals surface area (Å²) in [5.41, 5.74) is 3.24. The van der Waals surface area contributed by atoms with Crippen LogP contribution in [0.1, 0.15) is 38.8 Å². The van der Waals surface area contributed by atoms with Gasteiger partial charge in [0.05, 0.1) is 0 Å². The summed E-state index contributed by atoms with van der Waals surface area (Å²) in [5, 5.41) is 2.91. The number of hydrogen-bond acceptors (Lipinski definition) is 0. The second-order valence-corrected chi connectivity index (χ2v) is 7.56. The Hall–Kier alpha value is -0.300. The van der Waals surface area contributed by atoms with E-state index in [1.807, 2.05) is 0 Å². The molecule has 0 saturated heterocycles. The Labute approximate surface area is 135 Å². The third kappa shape index (κ3) is 3.62. The average molecular weight is 262 g/mol. The van der Waals surface area contributed by atoms with Crippen molar-refractivity contribution in [1.82, 2.24) is 0 Å². The van der Waals surface area contributed by atoms with Gasteiger partial charge in [0.1, 0.15) is 0 Å². The van der Waals surface area contributed by atoms with Crippen LogP contribution in [0.15, 0.2) is 30.3 Å². The van der Waals surface area contributed by atoms with Crippen LogP contribution in [-0.4, -0.2) is 27.9 Å². The van der Waals surface area contributed by atoms with E-state index in [-0.39, 0.29) is 0 Å². The van der Waals surface area contributed by atoms with Gasteiger partial charge in [0, 0.05) is 0 Å². The molecule has 0 fully saturated rings. The van der Waals surface area contributed by atoms with E-state index in [4.69, 9.17) is 0 Å². The Morgan fingerprint density at radius 1 is 0.947 bits per heavy atom. The third-order valence-electron chi connectivity index (χ3n) is 3.78. The molecule has 0 aromatic heterocycles. The number of rotatable bonds is 4. The summed E-state index contributed by atoms with van der Waals surface area (Å²) in [4.78, 5) is 0. The van der Waals surface area contributed by atoms with Gasteiger partial charge in [-0.25, -0.2) is 0 Å². The second-order valence-electron chi connectivity index (χ2n) is 6.56. The molecule has 0 nitrogen and oxygen atoms in total. The predicted molar refractivity (Wildman–Crippen MR) is 86.4 cm³/mol. The zero-order valence-corrected chi connectivity index (χ0v) is 15.0. The summed E-state index contributed by atoms with van der Waals surface area (Å²) in [7, 11) is 0. The van der Waals surface area contributed by atoms with Crippen LogP contribution in [-0.2, 0) is 12.8 Å². The van der Waals surface area contributed by atoms with Crippen LogP contribution in [0.5, 0.6) is 0 Å². The van der Waals surface area contributed by atoms with Gasteiger partial charge in [-0.1, -0.05) is 0 Å². The molecule has 0 atom stereocenters. The molecule has 1 heteroatoms. The predicted octanol–water partition coefficient (Wildman–Crippen LogP) is 4.03. The van der Waals surface area contributed by atoms with Gasteiger partial charge in [0.15, 0.2) is 0 Å². The minimum atomic E-state index is 0.730. The molecule has 2 aromatic carbocycles. The van der Waals surface area contributed by atoms with Crippen LogP contribution in [0.4, 0.5) is 0 Å². The van der Waals surface area contributed by atoms with E-state index in [9.17, 15) is 0 Å². The molecule has 19 heavy (non-hydrogen) atoms. The van der Waals surface area contributed by atoms with Gasteiger partial charge in [-0.3, -0.25) is 0 Å². The van der Waals surface area contributed by atoms with E-state index in [1.54, 1.807) is 13.9 Å². The quantitative estimate of drug-likeness (QED) is 0.730. The van der Waals surface area contributed by atoms with Gasteiger partial charge >= 0.3 is 135 Å². The molecule has 0 aliphatic heterocycles. The van der Waals surface area contributed by atoms with Gasteiger partial charge < -0.3 is 0 Å². The summed E-state index contributed by atoms with van der Waals surface area (Å²) in [6.45, 7) is 9.30. The molecule has 0 aliphatic rings. The van der Waals surface area contributed by atoms with Crippen molar-refractivity contribution >= 4 is 41.5 Å². The number of fused-ring (bicyclic) bond motifs is 1. The van der Waals surface area contributed by atoms with Crippen LogP contribution in [0.25, 0.3) is 10.8 Å². The zero-order valence-electron chi connectivity index (χ0n) is 13.0. The molecule has 0 spiro atoms. The normalized spacial score (nSPS) is 11.8. The molecule has 0 amide bonds. The molecule has 0 N–H and O–H groups in total. The standard InChI is InChI=1S/C18H23.Na/c1-13(2)9-17-11-15-7-5-6-8-16(15)12-18(17)10-14(3)4;/h5-8,11,13-14H,9-10H2,1-4H3;. The summed E-state index contributed by atoms with van der Waals surface area (Å²) in [6.07, 6.45) is 2.44. The summed E-state index contributed by atoms with van der Waals surface area (Å²) >= 11 is 1.14. The molecule has 0 unspecified atom stereocenters. The van der Waals surface area contributed by atoms with Gasteiger partial charge in [-0.15, -0.1) is 0 Å². The Bertz CT molecular complexity index is 567. The van der Waals surface area contributed by atoms with E-state index in [0.717, 1.165) is 39.8 Å². The Morgan fingerprint density at radius 2 is 1.58 bits per heavy atom. The monoisotopic (exact) mass is 262 g/mol. The summed E-state index contributed by atoms with van der Waals surface area (Å²) in [6, 6.07) is 11.3. The van der Waals surface area contributed by atoms with Crippen LogP contribution in [0.3, 0.4) is 0 Å². The van der Waals surface area contributed by atoms with Crippen molar-refractivity contribution in [3.8, 4) is 0 Å².